The molecule has 1 aromatic rings. The Kier molecular flexibility index (Phi) is 3.33. The first-order valence-corrected chi connectivity index (χ1v) is 4.27. The van der Waals surface area contributed by atoms with Gasteiger partial charge in [-0.15, -0.1) is 0 Å². The van der Waals surface area contributed by atoms with Gasteiger partial charge in [0.1, 0.15) is 5.75 Å². The molecule has 1 rings (SSSR count). The first-order chi connectivity index (χ1) is 6.52. The Morgan fingerprint density at radius 3 is 2.71 bits per heavy atom. The number of aromatic hydroxyl groups is 1. The molecule has 0 aliphatic heterocycles. The molecule has 1 unspecified atom stereocenters. The van der Waals surface area contributed by atoms with Gasteiger partial charge in [0.05, 0.1) is 17.5 Å². The number of aliphatic hydroxyl groups excluding tert-OH is 1. The Labute approximate surface area is 85.4 Å². The lowest BCUT2D eigenvalue weighted by atomic mass is 10.1. The van der Waals surface area contributed by atoms with Crippen molar-refractivity contribution >= 4 is 17.6 Å². The normalized spacial score (nSPS) is 12.4. The summed E-state index contributed by atoms with van der Waals surface area (Å²) in [6.45, 7) is 0. The first kappa shape index (κ1) is 10.8. The van der Waals surface area contributed by atoms with Crippen LogP contribution < -0.4 is 0 Å². The smallest absolute Gasteiger partial charge is 0.306 e. The fourth-order valence-electron chi connectivity index (χ4n) is 1.08. The van der Waals surface area contributed by atoms with E-state index in [0.717, 1.165) is 0 Å². The van der Waals surface area contributed by atoms with Gasteiger partial charge in [-0.1, -0.05) is 23.7 Å². The zero-order valence-electron chi connectivity index (χ0n) is 7.14. The first-order valence-electron chi connectivity index (χ1n) is 3.89. The van der Waals surface area contributed by atoms with E-state index in [1.165, 1.54) is 18.2 Å². The van der Waals surface area contributed by atoms with Crippen LogP contribution in [0, 0.1) is 0 Å². The van der Waals surface area contributed by atoms with E-state index < -0.39 is 18.5 Å². The summed E-state index contributed by atoms with van der Waals surface area (Å²) >= 11 is 5.59. The van der Waals surface area contributed by atoms with Crippen molar-refractivity contribution in [1.29, 1.82) is 0 Å². The Morgan fingerprint density at radius 1 is 1.50 bits per heavy atom. The molecule has 0 bridgehead atoms. The molecule has 14 heavy (non-hydrogen) atoms. The molecule has 3 N–H and O–H groups in total. The number of carboxylic acid groups (broad SMARTS) is 1. The number of rotatable bonds is 3. The Hall–Kier alpha value is -1.26. The maximum absolute atomic E-state index is 10.3. The van der Waals surface area contributed by atoms with E-state index in [1.54, 1.807) is 0 Å². The molecule has 0 spiro atoms. The minimum atomic E-state index is -1.24. The minimum Gasteiger partial charge on any atom is -0.506 e. The number of hydrogen-bond donors (Lipinski definition) is 3. The van der Waals surface area contributed by atoms with E-state index >= 15 is 0 Å². The summed E-state index contributed by atoms with van der Waals surface area (Å²) in [5.41, 5.74) is 0.125. The highest BCUT2D eigenvalue weighted by Crippen LogP contribution is 2.32. The summed E-state index contributed by atoms with van der Waals surface area (Å²) in [5, 5.41) is 27.3. The van der Waals surface area contributed by atoms with Crippen LogP contribution in [0.4, 0.5) is 0 Å². The van der Waals surface area contributed by atoms with Crippen LogP contribution in [0.25, 0.3) is 0 Å². The van der Waals surface area contributed by atoms with Gasteiger partial charge in [-0.05, 0) is 6.07 Å². The molecule has 1 atom stereocenters. The molecule has 0 amide bonds. The van der Waals surface area contributed by atoms with E-state index in [1.807, 2.05) is 0 Å². The predicted octanol–water partition coefficient (Wildman–Crippen LogP) is 1.55. The monoisotopic (exact) mass is 216 g/mol. The van der Waals surface area contributed by atoms with Crippen molar-refractivity contribution in [3.05, 3.63) is 28.8 Å². The zero-order chi connectivity index (χ0) is 10.7. The number of phenols is 1. The highest BCUT2D eigenvalue weighted by Gasteiger charge is 2.16. The number of aliphatic carboxylic acids is 1. The van der Waals surface area contributed by atoms with E-state index in [0.29, 0.717) is 0 Å². The van der Waals surface area contributed by atoms with Crippen LogP contribution in [0.15, 0.2) is 18.2 Å². The lowest BCUT2D eigenvalue weighted by Crippen LogP contribution is -2.05. The van der Waals surface area contributed by atoms with Gasteiger partial charge in [0.2, 0.25) is 0 Å². The third-order valence-corrected chi connectivity index (χ3v) is 2.05. The number of carboxylic acids is 1. The molecule has 0 aliphatic carbocycles. The van der Waals surface area contributed by atoms with Crippen LogP contribution in [0.3, 0.4) is 0 Å². The third-order valence-electron chi connectivity index (χ3n) is 1.74. The highest BCUT2D eigenvalue weighted by molar-refractivity contribution is 6.32. The fraction of sp³-hybridized carbons (Fsp3) is 0.222. The van der Waals surface area contributed by atoms with E-state index in [9.17, 15) is 15.0 Å². The maximum atomic E-state index is 10.3. The molecule has 76 valence electrons. The maximum Gasteiger partial charge on any atom is 0.306 e. The molecule has 0 radical (unpaired) electrons. The Bertz CT molecular complexity index is 351. The lowest BCUT2D eigenvalue weighted by Gasteiger charge is -2.10. The standard InChI is InChI=1S/C9H9ClO4/c10-6-3-1-2-5(9(6)14)7(11)4-8(12)13/h1-3,7,11,14H,4H2,(H,12,13). The van der Waals surface area contributed by atoms with Crippen LogP contribution in [0.5, 0.6) is 5.75 Å². The third kappa shape index (κ3) is 2.37. The predicted molar refractivity (Wildman–Crippen MR) is 50.3 cm³/mol. The largest absolute Gasteiger partial charge is 0.506 e. The van der Waals surface area contributed by atoms with Gasteiger partial charge in [0.25, 0.3) is 0 Å². The number of benzene rings is 1. The van der Waals surface area contributed by atoms with Gasteiger partial charge in [-0.3, -0.25) is 4.79 Å². The van der Waals surface area contributed by atoms with Gasteiger partial charge < -0.3 is 15.3 Å². The van der Waals surface area contributed by atoms with E-state index in [-0.39, 0.29) is 16.3 Å². The van der Waals surface area contributed by atoms with Crippen molar-refractivity contribution in [3.8, 4) is 5.75 Å². The number of aliphatic hydroxyl groups is 1. The molecule has 0 heterocycles. The Morgan fingerprint density at radius 2 is 2.14 bits per heavy atom. The summed E-state index contributed by atoms with van der Waals surface area (Å²) in [5.74, 6) is -1.42. The summed E-state index contributed by atoms with van der Waals surface area (Å²) in [4.78, 5) is 10.3. The van der Waals surface area contributed by atoms with Crippen molar-refractivity contribution in [2.45, 2.75) is 12.5 Å². The lowest BCUT2D eigenvalue weighted by molar-refractivity contribution is -0.139. The zero-order valence-corrected chi connectivity index (χ0v) is 7.90. The van der Waals surface area contributed by atoms with Crippen molar-refractivity contribution in [2.24, 2.45) is 0 Å². The van der Waals surface area contributed by atoms with Crippen molar-refractivity contribution < 1.29 is 20.1 Å². The number of carbonyl (C=O) groups is 1. The highest BCUT2D eigenvalue weighted by atomic mass is 35.5. The molecule has 0 fully saturated rings. The van der Waals surface area contributed by atoms with E-state index in [2.05, 4.69) is 0 Å². The fourth-order valence-corrected chi connectivity index (χ4v) is 1.26. The van der Waals surface area contributed by atoms with Crippen molar-refractivity contribution in [2.75, 3.05) is 0 Å². The Balaban J connectivity index is 2.95. The number of para-hydroxylation sites is 1. The molecular formula is C9H9ClO4. The molecule has 0 saturated carbocycles. The quantitative estimate of drug-likeness (QED) is 0.717. The van der Waals surface area contributed by atoms with E-state index in [4.69, 9.17) is 16.7 Å². The average Bonchev–Trinajstić information content (AvgIpc) is 2.08. The second-order valence-corrected chi connectivity index (χ2v) is 3.20. The summed E-state index contributed by atoms with van der Waals surface area (Å²) in [6.07, 6.45) is -1.71. The molecular weight excluding hydrogens is 208 g/mol. The summed E-state index contributed by atoms with van der Waals surface area (Å²) < 4.78 is 0. The van der Waals surface area contributed by atoms with Crippen LogP contribution >= 0.6 is 11.6 Å². The summed E-state index contributed by atoms with van der Waals surface area (Å²) in [6, 6.07) is 4.41. The summed E-state index contributed by atoms with van der Waals surface area (Å²) in [7, 11) is 0. The van der Waals surface area contributed by atoms with Crippen molar-refractivity contribution in [1.82, 2.24) is 0 Å². The molecule has 0 aromatic heterocycles. The average molecular weight is 217 g/mol. The number of phenolic OH excluding ortho intramolecular Hbond substituents is 1. The van der Waals surface area contributed by atoms with Crippen molar-refractivity contribution in [3.63, 3.8) is 0 Å². The SMILES string of the molecule is O=C(O)CC(O)c1cccc(Cl)c1O. The van der Waals surface area contributed by atoms with Gasteiger partial charge in [-0.25, -0.2) is 0 Å². The van der Waals surface area contributed by atoms with Crippen LogP contribution in [-0.4, -0.2) is 21.3 Å². The van der Waals surface area contributed by atoms with Gasteiger partial charge in [-0.2, -0.15) is 0 Å². The second kappa shape index (κ2) is 4.30. The number of hydrogen-bond acceptors (Lipinski definition) is 3. The van der Waals surface area contributed by atoms with Crippen LogP contribution in [0.1, 0.15) is 18.1 Å². The molecule has 0 aliphatic rings. The topological polar surface area (TPSA) is 77.8 Å². The molecule has 1 aromatic carbocycles. The second-order valence-electron chi connectivity index (χ2n) is 2.79. The van der Waals surface area contributed by atoms with Crippen LogP contribution in [-0.2, 0) is 4.79 Å². The number of halogens is 1. The van der Waals surface area contributed by atoms with Crippen LogP contribution in [0.2, 0.25) is 5.02 Å². The van der Waals surface area contributed by atoms with Gasteiger partial charge >= 0.3 is 5.97 Å². The van der Waals surface area contributed by atoms with Gasteiger partial charge in [0.15, 0.2) is 0 Å². The molecule has 5 heteroatoms. The molecule has 0 saturated heterocycles. The van der Waals surface area contributed by atoms with Gasteiger partial charge in [0, 0.05) is 5.56 Å². The minimum absolute atomic E-state index is 0.0898. The molecule has 4 nitrogen and oxygen atoms in total.